The Bertz CT molecular complexity index is 888. The third kappa shape index (κ3) is 5.78. The minimum atomic E-state index is -1.07. The molecule has 2 atom stereocenters. The van der Waals surface area contributed by atoms with E-state index in [1.54, 1.807) is 19.9 Å². The molecule has 0 fully saturated rings. The summed E-state index contributed by atoms with van der Waals surface area (Å²) in [7, 11) is 0. The molecule has 1 N–H and O–H groups in total. The third-order valence-electron chi connectivity index (χ3n) is 3.79. The van der Waals surface area contributed by atoms with Gasteiger partial charge in [-0.15, -0.1) is 11.8 Å². The lowest BCUT2D eigenvalue weighted by Gasteiger charge is -2.16. The molecule has 1 amide bonds. The van der Waals surface area contributed by atoms with Crippen LogP contribution >= 0.6 is 11.8 Å². The quantitative estimate of drug-likeness (QED) is 0.322. The second-order valence-corrected chi connectivity index (χ2v) is 7.46. The summed E-state index contributed by atoms with van der Waals surface area (Å²) in [6, 6.07) is 10.0. The maximum Gasteiger partial charge on any atom is 0.319 e. The van der Waals surface area contributed by atoms with Gasteiger partial charge in [-0.25, -0.2) is 4.39 Å². The number of benzene rings is 2. The first-order chi connectivity index (χ1) is 13.2. The van der Waals surface area contributed by atoms with Gasteiger partial charge in [0, 0.05) is 22.7 Å². The summed E-state index contributed by atoms with van der Waals surface area (Å²) < 4.78 is 18.7. The van der Waals surface area contributed by atoms with Gasteiger partial charge >= 0.3 is 5.97 Å². The molecule has 9 heteroatoms. The van der Waals surface area contributed by atoms with Gasteiger partial charge in [0.1, 0.15) is 11.1 Å². The second-order valence-electron chi connectivity index (χ2n) is 6.04. The Kier molecular flexibility index (Phi) is 7.11. The maximum atomic E-state index is 13.5. The second kappa shape index (κ2) is 9.32. The fraction of sp³-hybridized carbons (Fsp3) is 0.263. The van der Waals surface area contributed by atoms with E-state index in [0.717, 1.165) is 11.8 Å². The molecule has 2 rings (SSSR count). The number of nitrogens with one attached hydrogen (secondary N) is 1. The lowest BCUT2D eigenvalue weighted by molar-refractivity contribution is -0.384. The number of thioether (sulfide) groups is 1. The van der Waals surface area contributed by atoms with E-state index >= 15 is 0 Å². The lowest BCUT2D eigenvalue weighted by Crippen LogP contribution is -2.32. The van der Waals surface area contributed by atoms with E-state index in [1.807, 2.05) is 0 Å². The Balaban J connectivity index is 1.90. The summed E-state index contributed by atoms with van der Waals surface area (Å²) >= 11 is 1.15. The van der Waals surface area contributed by atoms with Gasteiger partial charge in [0.25, 0.3) is 11.6 Å². The predicted molar refractivity (Wildman–Crippen MR) is 104 cm³/mol. The van der Waals surface area contributed by atoms with Crippen molar-refractivity contribution in [2.24, 2.45) is 0 Å². The minimum absolute atomic E-state index is 0.0441. The van der Waals surface area contributed by atoms with Crippen molar-refractivity contribution in [2.75, 3.05) is 5.32 Å². The minimum Gasteiger partial charge on any atom is -0.452 e. The zero-order chi connectivity index (χ0) is 20.8. The zero-order valence-electron chi connectivity index (χ0n) is 15.5. The smallest absolute Gasteiger partial charge is 0.319 e. The van der Waals surface area contributed by atoms with Crippen LogP contribution in [0.1, 0.15) is 19.4 Å². The van der Waals surface area contributed by atoms with E-state index in [4.69, 9.17) is 4.74 Å². The maximum absolute atomic E-state index is 13.5. The number of anilines is 1. The number of halogens is 1. The van der Waals surface area contributed by atoms with E-state index in [9.17, 15) is 24.1 Å². The molecule has 0 aliphatic heterocycles. The van der Waals surface area contributed by atoms with Crippen LogP contribution in [0.25, 0.3) is 0 Å². The van der Waals surface area contributed by atoms with Gasteiger partial charge in [-0.2, -0.15) is 0 Å². The van der Waals surface area contributed by atoms with Crippen molar-refractivity contribution in [1.29, 1.82) is 0 Å². The van der Waals surface area contributed by atoms with Gasteiger partial charge < -0.3 is 10.1 Å². The number of nitrogens with zero attached hydrogens (tertiary/aromatic N) is 1. The number of rotatable bonds is 7. The average molecular weight is 406 g/mol. The molecule has 2 aromatic carbocycles. The molecule has 28 heavy (non-hydrogen) atoms. The molecule has 7 nitrogen and oxygen atoms in total. The first kappa shape index (κ1) is 21.4. The molecule has 0 bridgehead atoms. The van der Waals surface area contributed by atoms with Crippen LogP contribution in [0, 0.1) is 22.9 Å². The standard InChI is InChI=1S/C19H19FN2O5S/c1-11-4-5-14(10-17(11)20)21-18(23)12(2)27-19(24)13(3)28-16-8-6-15(7-9-16)22(25)26/h4-10,12-13H,1-3H3,(H,21,23)/t12-,13+/m1/s1. The predicted octanol–water partition coefficient (Wildman–Crippen LogP) is 4.09. The van der Waals surface area contributed by atoms with Gasteiger partial charge in [0.15, 0.2) is 6.10 Å². The lowest BCUT2D eigenvalue weighted by atomic mass is 10.2. The van der Waals surface area contributed by atoms with E-state index in [2.05, 4.69) is 5.32 Å². The molecule has 0 radical (unpaired) electrons. The van der Waals surface area contributed by atoms with Crippen molar-refractivity contribution in [2.45, 2.75) is 37.0 Å². The van der Waals surface area contributed by atoms with Crippen LogP contribution in [0.15, 0.2) is 47.4 Å². The van der Waals surface area contributed by atoms with Crippen LogP contribution in [0.4, 0.5) is 15.8 Å². The molecule has 0 saturated heterocycles. The number of esters is 1. The molecule has 2 aromatic rings. The van der Waals surface area contributed by atoms with Crippen molar-refractivity contribution in [1.82, 2.24) is 0 Å². The number of non-ortho nitro benzene ring substituents is 1. The van der Waals surface area contributed by atoms with E-state index < -0.39 is 34.0 Å². The number of amides is 1. The van der Waals surface area contributed by atoms with Gasteiger partial charge in [-0.05, 0) is 50.6 Å². The normalized spacial score (nSPS) is 12.7. The highest BCUT2D eigenvalue weighted by molar-refractivity contribution is 8.00. The van der Waals surface area contributed by atoms with Crippen LogP contribution < -0.4 is 5.32 Å². The van der Waals surface area contributed by atoms with Crippen LogP contribution in [0.2, 0.25) is 0 Å². The zero-order valence-corrected chi connectivity index (χ0v) is 16.3. The molecule has 0 unspecified atom stereocenters. The van der Waals surface area contributed by atoms with Crippen molar-refractivity contribution in [3.8, 4) is 0 Å². The highest BCUT2D eigenvalue weighted by Crippen LogP contribution is 2.26. The largest absolute Gasteiger partial charge is 0.452 e. The van der Waals surface area contributed by atoms with Crippen molar-refractivity contribution >= 4 is 35.0 Å². The fourth-order valence-corrected chi connectivity index (χ4v) is 2.99. The van der Waals surface area contributed by atoms with Gasteiger partial charge in [0.05, 0.1) is 4.92 Å². The summed E-state index contributed by atoms with van der Waals surface area (Å²) in [5.41, 5.74) is 0.677. The molecule has 0 aliphatic rings. The van der Waals surface area contributed by atoms with E-state index in [1.165, 1.54) is 43.3 Å². The number of aryl methyl sites for hydroxylation is 1. The van der Waals surface area contributed by atoms with E-state index in [0.29, 0.717) is 10.5 Å². The van der Waals surface area contributed by atoms with Crippen molar-refractivity contribution in [3.63, 3.8) is 0 Å². The van der Waals surface area contributed by atoms with Gasteiger partial charge in [-0.1, -0.05) is 6.07 Å². The topological polar surface area (TPSA) is 98.5 Å². The Labute approximate surface area is 165 Å². The Morgan fingerprint density at radius 1 is 1.18 bits per heavy atom. The number of ether oxygens (including phenoxy) is 1. The Morgan fingerprint density at radius 3 is 2.39 bits per heavy atom. The molecule has 0 saturated carbocycles. The number of carbonyl (C=O) groups excluding carboxylic acids is 2. The highest BCUT2D eigenvalue weighted by Gasteiger charge is 2.23. The third-order valence-corrected chi connectivity index (χ3v) is 4.88. The number of hydrogen-bond acceptors (Lipinski definition) is 6. The summed E-state index contributed by atoms with van der Waals surface area (Å²) in [5, 5.41) is 12.5. The Morgan fingerprint density at radius 2 is 1.82 bits per heavy atom. The molecule has 148 valence electrons. The van der Waals surface area contributed by atoms with Gasteiger partial charge in [-0.3, -0.25) is 19.7 Å². The number of hydrogen-bond donors (Lipinski definition) is 1. The van der Waals surface area contributed by atoms with Crippen LogP contribution in [-0.4, -0.2) is 28.2 Å². The van der Waals surface area contributed by atoms with Gasteiger partial charge in [0.2, 0.25) is 0 Å². The first-order valence-corrected chi connectivity index (χ1v) is 9.24. The summed E-state index contributed by atoms with van der Waals surface area (Å²) in [6.07, 6.45) is -1.07. The van der Waals surface area contributed by atoms with Crippen LogP contribution in [0.5, 0.6) is 0 Å². The number of carbonyl (C=O) groups is 2. The summed E-state index contributed by atoms with van der Waals surface area (Å²) in [5.74, 6) is -1.64. The van der Waals surface area contributed by atoms with Crippen molar-refractivity contribution in [3.05, 3.63) is 64.0 Å². The monoisotopic (exact) mass is 406 g/mol. The first-order valence-electron chi connectivity index (χ1n) is 8.36. The molecule has 0 aromatic heterocycles. The Hall–Kier alpha value is -2.94. The fourth-order valence-electron chi connectivity index (χ4n) is 2.14. The molecule has 0 heterocycles. The van der Waals surface area contributed by atoms with Crippen LogP contribution in [-0.2, 0) is 14.3 Å². The van der Waals surface area contributed by atoms with E-state index in [-0.39, 0.29) is 11.4 Å². The van der Waals surface area contributed by atoms with Crippen LogP contribution in [0.3, 0.4) is 0 Å². The highest BCUT2D eigenvalue weighted by atomic mass is 32.2. The molecule has 0 aliphatic carbocycles. The molecular weight excluding hydrogens is 387 g/mol. The molecule has 0 spiro atoms. The summed E-state index contributed by atoms with van der Waals surface area (Å²) in [6.45, 7) is 4.63. The SMILES string of the molecule is Cc1ccc(NC(=O)[C@@H](C)OC(=O)[C@H](C)Sc2ccc([N+](=O)[O-])cc2)cc1F. The van der Waals surface area contributed by atoms with Crippen molar-refractivity contribution < 1.29 is 23.6 Å². The summed E-state index contributed by atoms with van der Waals surface area (Å²) in [4.78, 5) is 35.1. The average Bonchev–Trinajstić information content (AvgIpc) is 2.65. The molecular formula is C19H19FN2O5S. The number of nitro groups is 1. The number of nitro benzene ring substituents is 1.